The maximum atomic E-state index is 12.4. The van der Waals surface area contributed by atoms with Crippen LogP contribution in [-0.4, -0.2) is 54.3 Å². The van der Waals surface area contributed by atoms with Crippen molar-refractivity contribution >= 4 is 11.9 Å². The molecule has 20 heavy (non-hydrogen) atoms. The van der Waals surface area contributed by atoms with Crippen LogP contribution in [0, 0.1) is 0 Å². The molecule has 1 heterocycles. The summed E-state index contributed by atoms with van der Waals surface area (Å²) in [5.41, 5.74) is -1.32. The van der Waals surface area contributed by atoms with E-state index in [0.29, 0.717) is 24.5 Å². The molecule has 1 unspecified atom stereocenters. The molecular weight excluding hydrogens is 262 g/mol. The van der Waals surface area contributed by atoms with Crippen molar-refractivity contribution in [3.63, 3.8) is 0 Å². The van der Waals surface area contributed by atoms with Crippen LogP contribution in [-0.2, 0) is 9.53 Å². The van der Waals surface area contributed by atoms with Gasteiger partial charge in [0.05, 0.1) is 25.8 Å². The van der Waals surface area contributed by atoms with Gasteiger partial charge in [0.25, 0.3) is 5.91 Å². The molecule has 1 atom stereocenters. The molecule has 0 bridgehead atoms. The zero-order valence-electron chi connectivity index (χ0n) is 11.5. The minimum Gasteiger partial charge on any atom is -0.491 e. The van der Waals surface area contributed by atoms with Gasteiger partial charge in [-0.25, -0.2) is 4.79 Å². The number of para-hydroxylation sites is 1. The fourth-order valence-electron chi connectivity index (χ4n) is 2.11. The van der Waals surface area contributed by atoms with Crippen LogP contribution in [0.2, 0.25) is 0 Å². The summed E-state index contributed by atoms with van der Waals surface area (Å²) >= 11 is 0. The summed E-state index contributed by atoms with van der Waals surface area (Å²) in [5.74, 6) is -0.538. The van der Waals surface area contributed by atoms with Gasteiger partial charge in [0.1, 0.15) is 12.4 Å². The number of rotatable bonds is 3. The van der Waals surface area contributed by atoms with Crippen molar-refractivity contribution < 1.29 is 24.2 Å². The molecule has 108 valence electrons. The number of amides is 1. The van der Waals surface area contributed by atoms with Gasteiger partial charge < -0.3 is 19.5 Å². The number of esters is 1. The van der Waals surface area contributed by atoms with Gasteiger partial charge in [0, 0.05) is 0 Å². The van der Waals surface area contributed by atoms with Crippen molar-refractivity contribution in [1.29, 1.82) is 0 Å². The number of nitrogens with zero attached hydrogens (tertiary/aromatic N) is 1. The van der Waals surface area contributed by atoms with Gasteiger partial charge in [-0.15, -0.1) is 0 Å². The van der Waals surface area contributed by atoms with E-state index in [4.69, 9.17) is 4.74 Å². The minimum atomic E-state index is -1.75. The molecule has 0 spiro atoms. The molecule has 0 saturated carbocycles. The summed E-state index contributed by atoms with van der Waals surface area (Å²) in [6.45, 7) is 1.78. The number of hydrogen-bond acceptors (Lipinski definition) is 5. The number of carbonyl (C=O) groups is 2. The highest BCUT2D eigenvalue weighted by Crippen LogP contribution is 2.23. The molecule has 1 N–H and O–H groups in total. The van der Waals surface area contributed by atoms with E-state index in [2.05, 4.69) is 4.74 Å². The predicted molar refractivity (Wildman–Crippen MR) is 70.5 cm³/mol. The first-order valence-electron chi connectivity index (χ1n) is 6.27. The standard InChI is InChI=1S/C14H17NO5/c1-14(18,13(17)19-2)9-15-7-8-20-11-6-4-3-5-10(11)12(15)16/h3-6,18H,7-9H2,1-2H3. The number of hydrogen-bond donors (Lipinski definition) is 1. The molecule has 1 aromatic carbocycles. The monoisotopic (exact) mass is 279 g/mol. The summed E-state index contributed by atoms with van der Waals surface area (Å²) in [6, 6.07) is 6.90. The lowest BCUT2D eigenvalue weighted by Crippen LogP contribution is -2.49. The normalized spacial score (nSPS) is 17.6. The van der Waals surface area contributed by atoms with Crippen molar-refractivity contribution in [3.8, 4) is 5.75 Å². The average molecular weight is 279 g/mol. The molecule has 2 rings (SSSR count). The zero-order valence-corrected chi connectivity index (χ0v) is 11.5. The molecule has 0 radical (unpaired) electrons. The number of benzene rings is 1. The Labute approximate surface area is 116 Å². The number of aliphatic hydroxyl groups is 1. The first kappa shape index (κ1) is 14.3. The van der Waals surface area contributed by atoms with Gasteiger partial charge in [-0.1, -0.05) is 12.1 Å². The Morgan fingerprint density at radius 3 is 2.90 bits per heavy atom. The number of methoxy groups -OCH3 is 1. The van der Waals surface area contributed by atoms with Crippen LogP contribution >= 0.6 is 0 Å². The van der Waals surface area contributed by atoms with Crippen LogP contribution in [0.3, 0.4) is 0 Å². The Kier molecular flexibility index (Phi) is 3.94. The van der Waals surface area contributed by atoms with E-state index in [0.717, 1.165) is 0 Å². The summed E-state index contributed by atoms with van der Waals surface area (Å²) in [7, 11) is 1.19. The Bertz CT molecular complexity index is 526. The minimum absolute atomic E-state index is 0.143. The van der Waals surface area contributed by atoms with E-state index in [1.54, 1.807) is 24.3 Å². The SMILES string of the molecule is COC(=O)C(C)(O)CN1CCOc2ccccc2C1=O. The van der Waals surface area contributed by atoms with E-state index < -0.39 is 11.6 Å². The van der Waals surface area contributed by atoms with Gasteiger partial charge in [0.2, 0.25) is 0 Å². The largest absolute Gasteiger partial charge is 0.491 e. The first-order chi connectivity index (χ1) is 9.45. The van der Waals surface area contributed by atoms with Crippen molar-refractivity contribution in [2.45, 2.75) is 12.5 Å². The molecule has 6 nitrogen and oxygen atoms in total. The lowest BCUT2D eigenvalue weighted by atomic mass is 10.1. The number of carbonyl (C=O) groups excluding carboxylic acids is 2. The maximum Gasteiger partial charge on any atom is 0.339 e. The summed E-state index contributed by atoms with van der Waals surface area (Å²) < 4.78 is 10.0. The second-order valence-corrected chi connectivity index (χ2v) is 4.84. The second-order valence-electron chi connectivity index (χ2n) is 4.84. The van der Waals surface area contributed by atoms with Crippen LogP contribution in [0.4, 0.5) is 0 Å². The molecule has 1 amide bonds. The second kappa shape index (κ2) is 5.50. The molecule has 0 saturated heterocycles. The van der Waals surface area contributed by atoms with Gasteiger partial charge in [-0.3, -0.25) is 4.79 Å². The summed E-state index contributed by atoms with van der Waals surface area (Å²) in [4.78, 5) is 25.3. The van der Waals surface area contributed by atoms with Gasteiger partial charge in [-0.05, 0) is 19.1 Å². The first-order valence-corrected chi connectivity index (χ1v) is 6.27. The fraction of sp³-hybridized carbons (Fsp3) is 0.429. The van der Waals surface area contributed by atoms with Crippen LogP contribution in [0.5, 0.6) is 5.75 Å². The maximum absolute atomic E-state index is 12.4. The van der Waals surface area contributed by atoms with E-state index in [-0.39, 0.29) is 12.5 Å². The molecule has 0 aliphatic carbocycles. The third kappa shape index (κ3) is 2.75. The van der Waals surface area contributed by atoms with Crippen LogP contribution < -0.4 is 4.74 Å². The smallest absolute Gasteiger partial charge is 0.339 e. The number of ether oxygens (including phenoxy) is 2. The van der Waals surface area contributed by atoms with Crippen LogP contribution in [0.25, 0.3) is 0 Å². The van der Waals surface area contributed by atoms with Crippen molar-refractivity contribution in [2.75, 3.05) is 26.8 Å². The Balaban J connectivity index is 2.22. The lowest BCUT2D eigenvalue weighted by Gasteiger charge is -2.28. The fourth-order valence-corrected chi connectivity index (χ4v) is 2.11. The topological polar surface area (TPSA) is 76.1 Å². The molecule has 0 fully saturated rings. The molecule has 1 aliphatic heterocycles. The molecule has 1 aliphatic rings. The molecule has 0 aromatic heterocycles. The van der Waals surface area contributed by atoms with Crippen molar-refractivity contribution in [2.24, 2.45) is 0 Å². The summed E-state index contributed by atoms with van der Waals surface area (Å²) in [6.07, 6.45) is 0. The van der Waals surface area contributed by atoms with Gasteiger partial charge >= 0.3 is 5.97 Å². The third-order valence-corrected chi connectivity index (χ3v) is 3.15. The van der Waals surface area contributed by atoms with E-state index in [9.17, 15) is 14.7 Å². The van der Waals surface area contributed by atoms with E-state index in [1.165, 1.54) is 18.9 Å². The highest BCUT2D eigenvalue weighted by atomic mass is 16.5. The Morgan fingerprint density at radius 2 is 2.20 bits per heavy atom. The summed E-state index contributed by atoms with van der Waals surface area (Å²) in [5, 5.41) is 10.1. The number of β-amino-alcohol motifs (C(OH)–C–C–N with tert-alkyl or cyclic N) is 1. The average Bonchev–Trinajstić information content (AvgIpc) is 2.58. The number of fused-ring (bicyclic) bond motifs is 1. The molecule has 6 heteroatoms. The van der Waals surface area contributed by atoms with E-state index in [1.807, 2.05) is 0 Å². The Morgan fingerprint density at radius 1 is 1.50 bits per heavy atom. The quantitative estimate of drug-likeness (QED) is 0.813. The zero-order chi connectivity index (χ0) is 14.8. The highest BCUT2D eigenvalue weighted by molar-refractivity contribution is 5.97. The van der Waals surface area contributed by atoms with Crippen LogP contribution in [0.1, 0.15) is 17.3 Å². The molecule has 1 aromatic rings. The van der Waals surface area contributed by atoms with Crippen molar-refractivity contribution in [3.05, 3.63) is 29.8 Å². The van der Waals surface area contributed by atoms with Crippen LogP contribution in [0.15, 0.2) is 24.3 Å². The van der Waals surface area contributed by atoms with Crippen molar-refractivity contribution in [1.82, 2.24) is 4.90 Å². The Hall–Kier alpha value is -2.08. The third-order valence-electron chi connectivity index (χ3n) is 3.15. The van der Waals surface area contributed by atoms with Gasteiger partial charge in [0.15, 0.2) is 5.60 Å². The lowest BCUT2D eigenvalue weighted by molar-refractivity contribution is -0.161. The van der Waals surface area contributed by atoms with E-state index >= 15 is 0 Å². The predicted octanol–water partition coefficient (Wildman–Crippen LogP) is 0.445. The molecular formula is C14H17NO5. The highest BCUT2D eigenvalue weighted by Gasteiger charge is 2.36. The van der Waals surface area contributed by atoms with Gasteiger partial charge in [-0.2, -0.15) is 0 Å².